The van der Waals surface area contributed by atoms with Crippen LogP contribution in [-0.4, -0.2) is 47.8 Å². The third kappa shape index (κ3) is 4.63. The molecule has 0 spiro atoms. The maximum atomic E-state index is 13.1. The molecule has 1 amide bonds. The van der Waals surface area contributed by atoms with Crippen molar-refractivity contribution in [1.82, 2.24) is 4.90 Å². The van der Waals surface area contributed by atoms with Crippen LogP contribution >= 0.6 is 11.8 Å². The molecule has 1 fully saturated rings. The van der Waals surface area contributed by atoms with E-state index in [0.29, 0.717) is 31.2 Å². The van der Waals surface area contributed by atoms with E-state index >= 15 is 0 Å². The highest BCUT2D eigenvalue weighted by atomic mass is 32.2. The van der Waals surface area contributed by atoms with Crippen molar-refractivity contribution in [3.05, 3.63) is 53.8 Å². The number of thioether (sulfide) groups is 1. The molecule has 0 aliphatic carbocycles. The predicted octanol–water partition coefficient (Wildman–Crippen LogP) is 4.03. The molecule has 6 nitrogen and oxygen atoms in total. The van der Waals surface area contributed by atoms with Gasteiger partial charge >= 0.3 is 0 Å². The van der Waals surface area contributed by atoms with Crippen molar-refractivity contribution >= 4 is 23.4 Å². The van der Waals surface area contributed by atoms with E-state index in [1.165, 1.54) is 12.1 Å². The number of oxime groups is 1. The summed E-state index contributed by atoms with van der Waals surface area (Å²) in [6.07, 6.45) is 2.41. The van der Waals surface area contributed by atoms with Crippen LogP contribution in [-0.2, 0) is 16.1 Å². The smallest absolute Gasteiger partial charge is 0.266 e. The number of benzene rings is 2. The number of rotatable bonds is 5. The molecule has 5 rings (SSSR count). The third-order valence-corrected chi connectivity index (χ3v) is 7.07. The molecule has 3 heterocycles. The minimum absolute atomic E-state index is 0.00895. The maximum Gasteiger partial charge on any atom is 0.266 e. The molecule has 31 heavy (non-hydrogen) atoms. The maximum absolute atomic E-state index is 13.1. The number of ether oxygens (including phenoxy) is 2. The summed E-state index contributed by atoms with van der Waals surface area (Å²) in [5, 5.41) is 4.59. The summed E-state index contributed by atoms with van der Waals surface area (Å²) in [5.74, 6) is 1.28. The second kappa shape index (κ2) is 8.78. The van der Waals surface area contributed by atoms with Gasteiger partial charge in [-0.1, -0.05) is 11.2 Å². The molecular weight excluding hydrogens is 419 g/mol. The van der Waals surface area contributed by atoms with Gasteiger partial charge in [0.25, 0.3) is 5.91 Å². The van der Waals surface area contributed by atoms with E-state index in [1.54, 1.807) is 11.8 Å². The van der Waals surface area contributed by atoms with Crippen molar-refractivity contribution in [2.75, 3.05) is 19.9 Å². The van der Waals surface area contributed by atoms with Crippen LogP contribution in [0.5, 0.6) is 11.5 Å². The molecule has 1 saturated heterocycles. The molecule has 3 aliphatic heterocycles. The molecule has 0 bridgehead atoms. The van der Waals surface area contributed by atoms with Gasteiger partial charge in [0.2, 0.25) is 12.9 Å². The van der Waals surface area contributed by atoms with Crippen molar-refractivity contribution in [2.45, 2.75) is 41.9 Å². The molecule has 8 heteroatoms. The third-order valence-electron chi connectivity index (χ3n) is 5.72. The Morgan fingerprint density at radius 2 is 1.87 bits per heavy atom. The van der Waals surface area contributed by atoms with Gasteiger partial charge in [0, 0.05) is 36.1 Å². The molecule has 2 aromatic carbocycles. The Labute approximate surface area is 184 Å². The first kappa shape index (κ1) is 20.2. The van der Waals surface area contributed by atoms with E-state index < -0.39 is 6.10 Å². The van der Waals surface area contributed by atoms with Crippen LogP contribution in [0.15, 0.2) is 52.5 Å². The van der Waals surface area contributed by atoms with Gasteiger partial charge in [0.15, 0.2) is 11.5 Å². The average Bonchev–Trinajstić information content (AvgIpc) is 3.45. The lowest BCUT2D eigenvalue weighted by molar-refractivity contribution is -0.142. The van der Waals surface area contributed by atoms with E-state index in [0.717, 1.165) is 40.5 Å². The fraction of sp³-hybridized carbons (Fsp3) is 0.391. The molecule has 0 radical (unpaired) electrons. The topological polar surface area (TPSA) is 60.4 Å². The van der Waals surface area contributed by atoms with Gasteiger partial charge in [-0.15, -0.1) is 11.8 Å². The number of nitrogens with zero attached hydrogens (tertiary/aromatic N) is 2. The van der Waals surface area contributed by atoms with Crippen molar-refractivity contribution < 1.29 is 23.5 Å². The number of halogens is 1. The normalized spacial score (nSPS) is 20.5. The average molecular weight is 443 g/mol. The van der Waals surface area contributed by atoms with Gasteiger partial charge in [-0.2, -0.15) is 0 Å². The number of piperidine rings is 1. The fourth-order valence-corrected chi connectivity index (χ4v) is 5.18. The molecule has 3 aliphatic rings. The van der Waals surface area contributed by atoms with Crippen LogP contribution < -0.4 is 9.47 Å². The highest BCUT2D eigenvalue weighted by Crippen LogP contribution is 2.33. The minimum Gasteiger partial charge on any atom is -0.454 e. The lowest BCUT2D eigenvalue weighted by Crippen LogP contribution is -2.44. The van der Waals surface area contributed by atoms with Gasteiger partial charge in [-0.25, -0.2) is 4.39 Å². The Bertz CT molecular complexity index is 990. The zero-order chi connectivity index (χ0) is 21.2. The second-order valence-corrected chi connectivity index (χ2v) is 9.29. The highest BCUT2D eigenvalue weighted by molar-refractivity contribution is 8.00. The van der Waals surface area contributed by atoms with Crippen molar-refractivity contribution in [2.24, 2.45) is 5.16 Å². The van der Waals surface area contributed by atoms with Crippen molar-refractivity contribution in [3.8, 4) is 11.5 Å². The summed E-state index contributed by atoms with van der Waals surface area (Å²) in [6, 6.07) is 12.4. The van der Waals surface area contributed by atoms with E-state index in [1.807, 2.05) is 35.2 Å². The largest absolute Gasteiger partial charge is 0.454 e. The molecular formula is C23H23FN2O4S. The van der Waals surface area contributed by atoms with Gasteiger partial charge in [-0.05, 0) is 54.8 Å². The minimum atomic E-state index is -0.537. The first-order chi connectivity index (χ1) is 15.1. The number of likely N-dealkylation sites (tertiary alicyclic amines) is 1. The molecule has 1 atom stereocenters. The number of amides is 1. The van der Waals surface area contributed by atoms with Gasteiger partial charge in [0.1, 0.15) is 5.82 Å². The zero-order valence-corrected chi connectivity index (χ0v) is 17.8. The van der Waals surface area contributed by atoms with Crippen molar-refractivity contribution in [3.63, 3.8) is 0 Å². The fourth-order valence-electron chi connectivity index (χ4n) is 4.05. The summed E-state index contributed by atoms with van der Waals surface area (Å²) in [5.41, 5.74) is 1.91. The highest BCUT2D eigenvalue weighted by Gasteiger charge is 2.34. The van der Waals surface area contributed by atoms with Crippen LogP contribution in [0.3, 0.4) is 0 Å². The summed E-state index contributed by atoms with van der Waals surface area (Å²) in [7, 11) is 0. The molecule has 2 aromatic rings. The zero-order valence-electron chi connectivity index (χ0n) is 17.0. The van der Waals surface area contributed by atoms with E-state index in [4.69, 9.17) is 14.3 Å². The van der Waals surface area contributed by atoms with Crippen LogP contribution in [0.1, 0.15) is 24.8 Å². The SMILES string of the molecule is O=C([C@H]1CC(Cc2ccc3c(c2)OCO3)=NO1)N1CCC(Sc2ccc(F)cc2)CC1. The van der Waals surface area contributed by atoms with Crippen LogP contribution in [0.4, 0.5) is 4.39 Å². The Morgan fingerprint density at radius 3 is 2.68 bits per heavy atom. The molecule has 162 valence electrons. The molecule has 0 aromatic heterocycles. The van der Waals surface area contributed by atoms with Crippen LogP contribution in [0, 0.1) is 5.82 Å². The number of fused-ring (bicyclic) bond motifs is 1. The summed E-state index contributed by atoms with van der Waals surface area (Å²) < 4.78 is 23.8. The van der Waals surface area contributed by atoms with Gasteiger partial charge < -0.3 is 19.2 Å². The van der Waals surface area contributed by atoms with Gasteiger partial charge in [-0.3, -0.25) is 4.79 Å². The predicted molar refractivity (Wildman–Crippen MR) is 115 cm³/mol. The number of carbonyl (C=O) groups excluding carboxylic acids is 1. The number of carbonyl (C=O) groups is 1. The van der Waals surface area contributed by atoms with E-state index in [2.05, 4.69) is 5.16 Å². The first-order valence-corrected chi connectivity index (χ1v) is 11.3. The standard InChI is InChI=1S/C23H23FN2O4S/c24-16-2-4-18(5-3-16)31-19-7-9-26(10-8-19)23(27)22-13-17(25-30-22)11-15-1-6-20-21(12-15)29-14-28-20/h1-6,12,19,22H,7-11,13-14H2/t22-/m1/s1. The lowest BCUT2D eigenvalue weighted by Gasteiger charge is -2.32. The Kier molecular flexibility index (Phi) is 5.72. The summed E-state index contributed by atoms with van der Waals surface area (Å²) >= 11 is 1.75. The number of hydrogen-bond acceptors (Lipinski definition) is 6. The van der Waals surface area contributed by atoms with E-state index in [-0.39, 0.29) is 18.5 Å². The number of hydrogen-bond donors (Lipinski definition) is 0. The summed E-state index contributed by atoms with van der Waals surface area (Å²) in [6.45, 7) is 1.66. The van der Waals surface area contributed by atoms with Gasteiger partial charge in [0.05, 0.1) is 5.71 Å². The molecule has 0 unspecified atom stereocenters. The Balaban J connectivity index is 1.10. The van der Waals surface area contributed by atoms with Crippen molar-refractivity contribution in [1.29, 1.82) is 0 Å². The first-order valence-electron chi connectivity index (χ1n) is 10.4. The Morgan fingerprint density at radius 1 is 1.10 bits per heavy atom. The molecule has 0 N–H and O–H groups in total. The lowest BCUT2D eigenvalue weighted by atomic mass is 10.0. The van der Waals surface area contributed by atoms with E-state index in [9.17, 15) is 9.18 Å². The van der Waals surface area contributed by atoms with Crippen LogP contribution in [0.25, 0.3) is 0 Å². The Hall–Kier alpha value is -2.74. The quantitative estimate of drug-likeness (QED) is 0.700. The molecule has 0 saturated carbocycles. The second-order valence-electron chi connectivity index (χ2n) is 7.92. The van der Waals surface area contributed by atoms with Crippen LogP contribution in [0.2, 0.25) is 0 Å². The monoisotopic (exact) mass is 442 g/mol. The summed E-state index contributed by atoms with van der Waals surface area (Å²) in [4.78, 5) is 21.3.